The van der Waals surface area contributed by atoms with Gasteiger partial charge in [-0.1, -0.05) is 22.4 Å². The van der Waals surface area contributed by atoms with Crippen LogP contribution in [0.1, 0.15) is 19.3 Å². The number of nitrogens with two attached hydrogens (primary N) is 1. The van der Waals surface area contributed by atoms with Gasteiger partial charge in [-0.15, -0.1) is 0 Å². The van der Waals surface area contributed by atoms with Crippen LogP contribution in [0.4, 0.5) is 5.95 Å². The highest BCUT2D eigenvalue weighted by atomic mass is 79.9. The number of benzene rings is 1. The van der Waals surface area contributed by atoms with Crippen LogP contribution in [0.25, 0.3) is 11.0 Å². The number of aromatic nitrogens is 2. The van der Waals surface area contributed by atoms with Gasteiger partial charge < -0.3 is 10.3 Å². The van der Waals surface area contributed by atoms with Crippen LogP contribution < -0.4 is 5.73 Å². The number of anilines is 1. The van der Waals surface area contributed by atoms with Crippen LogP contribution in [0.15, 0.2) is 22.7 Å². The van der Waals surface area contributed by atoms with E-state index in [0.29, 0.717) is 5.95 Å². The van der Waals surface area contributed by atoms with E-state index in [4.69, 9.17) is 5.73 Å². The van der Waals surface area contributed by atoms with Crippen molar-refractivity contribution in [2.45, 2.75) is 25.8 Å². The van der Waals surface area contributed by atoms with Crippen molar-refractivity contribution in [1.82, 2.24) is 9.55 Å². The molecule has 1 aliphatic rings. The zero-order chi connectivity index (χ0) is 11.1. The number of rotatable bonds is 2. The predicted molar refractivity (Wildman–Crippen MR) is 69.2 cm³/mol. The molecule has 3 rings (SSSR count). The number of fused-ring (bicyclic) bond motifs is 1. The Hall–Kier alpha value is -1.03. The lowest BCUT2D eigenvalue weighted by molar-refractivity contribution is 0.281. The molecule has 2 N–H and O–H groups in total. The Balaban J connectivity index is 2.06. The second-order valence-electron chi connectivity index (χ2n) is 4.51. The first kappa shape index (κ1) is 10.1. The Morgan fingerprint density at radius 2 is 2.25 bits per heavy atom. The minimum Gasteiger partial charge on any atom is -0.369 e. The molecule has 1 saturated carbocycles. The third-order valence-corrected chi connectivity index (χ3v) is 3.90. The topological polar surface area (TPSA) is 43.8 Å². The summed E-state index contributed by atoms with van der Waals surface area (Å²) >= 11 is 3.49. The highest BCUT2D eigenvalue weighted by Gasteiger charge is 2.20. The van der Waals surface area contributed by atoms with Crippen molar-refractivity contribution < 1.29 is 0 Å². The summed E-state index contributed by atoms with van der Waals surface area (Å²) in [6.07, 6.45) is 4.02. The highest BCUT2D eigenvalue weighted by molar-refractivity contribution is 9.10. The Morgan fingerprint density at radius 3 is 2.94 bits per heavy atom. The molecule has 3 nitrogen and oxygen atoms in total. The molecule has 1 aliphatic carbocycles. The molecule has 1 aromatic carbocycles. The van der Waals surface area contributed by atoms with Gasteiger partial charge in [-0.25, -0.2) is 4.98 Å². The van der Waals surface area contributed by atoms with Crippen LogP contribution in [0, 0.1) is 5.92 Å². The summed E-state index contributed by atoms with van der Waals surface area (Å²) in [5.41, 5.74) is 8.09. The van der Waals surface area contributed by atoms with E-state index in [2.05, 4.69) is 31.5 Å². The van der Waals surface area contributed by atoms with Crippen molar-refractivity contribution in [3.63, 3.8) is 0 Å². The van der Waals surface area contributed by atoms with E-state index >= 15 is 0 Å². The van der Waals surface area contributed by atoms with Gasteiger partial charge in [-0.05, 0) is 37.0 Å². The van der Waals surface area contributed by atoms with Gasteiger partial charge in [0.2, 0.25) is 5.95 Å². The summed E-state index contributed by atoms with van der Waals surface area (Å²) in [7, 11) is 0. The first-order chi connectivity index (χ1) is 7.74. The molecule has 1 aromatic heterocycles. The van der Waals surface area contributed by atoms with Crippen molar-refractivity contribution in [2.24, 2.45) is 5.92 Å². The first-order valence-corrected chi connectivity index (χ1v) is 6.44. The number of imidazole rings is 1. The van der Waals surface area contributed by atoms with E-state index in [0.717, 1.165) is 28.0 Å². The molecule has 1 fully saturated rings. The van der Waals surface area contributed by atoms with Gasteiger partial charge >= 0.3 is 0 Å². The molecule has 0 aliphatic heterocycles. The molecule has 4 heteroatoms. The van der Waals surface area contributed by atoms with Crippen molar-refractivity contribution in [2.75, 3.05) is 5.73 Å². The van der Waals surface area contributed by atoms with Crippen LogP contribution in [0.5, 0.6) is 0 Å². The second-order valence-corrected chi connectivity index (χ2v) is 5.43. The van der Waals surface area contributed by atoms with Gasteiger partial charge in [0.15, 0.2) is 0 Å². The molecule has 84 valence electrons. The lowest BCUT2D eigenvalue weighted by Gasteiger charge is -2.26. The zero-order valence-electron chi connectivity index (χ0n) is 8.99. The number of hydrogen-bond donors (Lipinski definition) is 1. The summed E-state index contributed by atoms with van der Waals surface area (Å²) in [6.45, 7) is 1.01. The maximum Gasteiger partial charge on any atom is 0.201 e. The number of nitrogens with zero attached hydrogens (tertiary/aromatic N) is 2. The molecular formula is C12H14BrN3. The lowest BCUT2D eigenvalue weighted by Crippen LogP contribution is -2.19. The van der Waals surface area contributed by atoms with Gasteiger partial charge in [0, 0.05) is 11.0 Å². The summed E-state index contributed by atoms with van der Waals surface area (Å²) in [5, 5.41) is 0. The van der Waals surface area contributed by atoms with Crippen molar-refractivity contribution in [3.05, 3.63) is 22.7 Å². The molecule has 16 heavy (non-hydrogen) atoms. The molecule has 0 atom stereocenters. The van der Waals surface area contributed by atoms with Gasteiger partial charge in [0.1, 0.15) is 0 Å². The minimum atomic E-state index is 0.639. The van der Waals surface area contributed by atoms with Crippen LogP contribution in [-0.2, 0) is 6.54 Å². The minimum absolute atomic E-state index is 0.639. The van der Waals surface area contributed by atoms with Crippen molar-refractivity contribution >= 4 is 32.9 Å². The maximum atomic E-state index is 5.97. The highest BCUT2D eigenvalue weighted by Crippen LogP contribution is 2.31. The van der Waals surface area contributed by atoms with E-state index in [1.54, 1.807) is 0 Å². The molecule has 2 aromatic rings. The third-order valence-electron chi connectivity index (χ3n) is 3.41. The fourth-order valence-corrected chi connectivity index (χ4v) is 2.59. The number of nitrogen functional groups attached to an aromatic ring is 1. The fourth-order valence-electron chi connectivity index (χ4n) is 2.24. The van der Waals surface area contributed by atoms with Gasteiger partial charge in [-0.3, -0.25) is 0 Å². The van der Waals surface area contributed by atoms with Crippen LogP contribution in [0.3, 0.4) is 0 Å². The maximum absolute atomic E-state index is 5.97. The van der Waals surface area contributed by atoms with E-state index in [-0.39, 0.29) is 0 Å². The molecule has 0 bridgehead atoms. The van der Waals surface area contributed by atoms with Gasteiger partial charge in [0.05, 0.1) is 11.0 Å². The largest absolute Gasteiger partial charge is 0.369 e. The molecule has 0 amide bonds. The molecular weight excluding hydrogens is 266 g/mol. The predicted octanol–water partition coefficient (Wildman–Crippen LogP) is 3.18. The average Bonchev–Trinajstić information content (AvgIpc) is 2.48. The summed E-state index contributed by atoms with van der Waals surface area (Å²) < 4.78 is 3.22. The number of hydrogen-bond acceptors (Lipinski definition) is 2. The zero-order valence-corrected chi connectivity index (χ0v) is 10.6. The van der Waals surface area contributed by atoms with Crippen LogP contribution in [0.2, 0.25) is 0 Å². The monoisotopic (exact) mass is 279 g/mol. The third kappa shape index (κ3) is 1.61. The second kappa shape index (κ2) is 3.77. The molecule has 0 spiro atoms. The van der Waals surface area contributed by atoms with E-state index in [1.165, 1.54) is 19.3 Å². The van der Waals surface area contributed by atoms with Crippen LogP contribution in [-0.4, -0.2) is 9.55 Å². The molecule has 0 radical (unpaired) electrons. The van der Waals surface area contributed by atoms with Crippen molar-refractivity contribution in [3.8, 4) is 0 Å². The Labute approximate surface area is 103 Å². The standard InChI is InChI=1S/C12H14BrN3/c13-9-4-5-10-11(6-9)16(12(14)15-10)7-8-2-1-3-8/h4-6,8H,1-3,7H2,(H2,14,15). The summed E-state index contributed by atoms with van der Waals surface area (Å²) in [5.74, 6) is 1.43. The first-order valence-electron chi connectivity index (χ1n) is 5.65. The molecule has 0 saturated heterocycles. The Kier molecular flexibility index (Phi) is 2.39. The Morgan fingerprint density at radius 1 is 1.44 bits per heavy atom. The quantitative estimate of drug-likeness (QED) is 0.918. The van der Waals surface area contributed by atoms with Gasteiger partial charge in [-0.2, -0.15) is 0 Å². The van der Waals surface area contributed by atoms with E-state index in [1.807, 2.05) is 12.1 Å². The van der Waals surface area contributed by atoms with Gasteiger partial charge in [0.25, 0.3) is 0 Å². The summed E-state index contributed by atoms with van der Waals surface area (Å²) in [4.78, 5) is 4.39. The summed E-state index contributed by atoms with van der Waals surface area (Å²) in [6, 6.07) is 6.10. The molecule has 0 unspecified atom stereocenters. The normalized spacial score (nSPS) is 16.6. The van der Waals surface area contributed by atoms with E-state index in [9.17, 15) is 0 Å². The molecule has 1 heterocycles. The van der Waals surface area contributed by atoms with Crippen molar-refractivity contribution in [1.29, 1.82) is 0 Å². The lowest BCUT2D eigenvalue weighted by atomic mass is 9.85. The average molecular weight is 280 g/mol. The Bertz CT molecular complexity index is 528. The van der Waals surface area contributed by atoms with E-state index < -0.39 is 0 Å². The smallest absolute Gasteiger partial charge is 0.201 e. The number of halogens is 1. The fraction of sp³-hybridized carbons (Fsp3) is 0.417. The SMILES string of the molecule is Nc1nc2ccc(Br)cc2n1CC1CCC1. The van der Waals surface area contributed by atoms with Crippen LogP contribution >= 0.6 is 15.9 Å².